The predicted octanol–water partition coefficient (Wildman–Crippen LogP) is 6.86. The van der Waals surface area contributed by atoms with Crippen molar-refractivity contribution < 1.29 is 4.57 Å². The normalized spacial score (nSPS) is 15.5. The maximum absolute atomic E-state index is 2.52. The predicted molar refractivity (Wildman–Crippen MR) is 130 cm³/mol. The van der Waals surface area contributed by atoms with Gasteiger partial charge in [-0.3, -0.25) is 0 Å². The molecule has 2 nitrogen and oxygen atoms in total. The van der Waals surface area contributed by atoms with Gasteiger partial charge in [-0.15, -0.1) is 0 Å². The lowest BCUT2D eigenvalue weighted by Crippen LogP contribution is -2.28. The second-order valence-corrected chi connectivity index (χ2v) is 9.71. The van der Waals surface area contributed by atoms with Crippen LogP contribution in [0.4, 0.5) is 0 Å². The first-order chi connectivity index (χ1) is 15.2. The molecule has 2 heteroatoms. The highest BCUT2D eigenvalue weighted by Gasteiger charge is 2.24. The third-order valence-corrected chi connectivity index (χ3v) is 7.82. The maximum atomic E-state index is 2.52. The molecule has 1 fully saturated rings. The van der Waals surface area contributed by atoms with Crippen LogP contribution in [0.2, 0.25) is 0 Å². The second kappa shape index (κ2) is 6.20. The molecule has 3 aromatic heterocycles. The number of aromatic nitrogens is 2. The number of pyridine rings is 2. The van der Waals surface area contributed by atoms with E-state index < -0.39 is 0 Å². The van der Waals surface area contributed by atoms with Crippen LogP contribution in [0.5, 0.6) is 0 Å². The minimum absolute atomic E-state index is 0.871. The van der Waals surface area contributed by atoms with E-state index in [-0.39, 0.29) is 0 Å². The van der Waals surface area contributed by atoms with Crippen LogP contribution in [0.3, 0.4) is 0 Å². The van der Waals surface area contributed by atoms with E-state index in [1.54, 1.807) is 0 Å². The Kier molecular flexibility index (Phi) is 3.51. The number of fused-ring (bicyclic) bond motifs is 5. The van der Waals surface area contributed by atoms with Crippen LogP contribution < -0.4 is 4.57 Å². The van der Waals surface area contributed by atoms with Crippen molar-refractivity contribution in [2.24, 2.45) is 13.0 Å². The Morgan fingerprint density at radius 1 is 0.903 bits per heavy atom. The van der Waals surface area contributed by atoms with Crippen LogP contribution in [-0.2, 0) is 13.5 Å². The zero-order valence-electron chi connectivity index (χ0n) is 18.3. The summed E-state index contributed by atoms with van der Waals surface area (Å²) in [4.78, 5) is 0. The van der Waals surface area contributed by atoms with Crippen LogP contribution in [0.15, 0.2) is 60.8 Å². The number of aryl methyl sites for hydroxylation is 2. The molecule has 6 aromatic rings. The standard InChI is InChI=1S/C29H27N2/c1-18-10-12-21-8-5-9-25-27(21)26(18)29-28-22(14-15-30(29)2)23-17-20(11-13-24(23)31(25)28)16-19-6-3-4-7-19/h5,8-15,17,19H,3-4,6-7,16H2,1-2H3/q+1. The zero-order valence-corrected chi connectivity index (χ0v) is 18.3. The number of benzene rings is 3. The molecule has 0 atom stereocenters. The Hall–Kier alpha value is -3.13. The van der Waals surface area contributed by atoms with Gasteiger partial charge in [-0.05, 0) is 54.0 Å². The lowest BCUT2D eigenvalue weighted by atomic mass is 9.97. The molecule has 3 aromatic carbocycles. The van der Waals surface area contributed by atoms with Crippen molar-refractivity contribution in [3.63, 3.8) is 0 Å². The molecule has 0 N–H and O–H groups in total. The summed E-state index contributed by atoms with van der Waals surface area (Å²) in [5.74, 6) is 0.871. The zero-order chi connectivity index (χ0) is 20.7. The Bertz CT molecular complexity index is 1630. The summed E-state index contributed by atoms with van der Waals surface area (Å²) >= 11 is 0. The van der Waals surface area contributed by atoms with Gasteiger partial charge in [0.2, 0.25) is 5.52 Å². The molecule has 0 unspecified atom stereocenters. The Balaban J connectivity index is 1.67. The van der Waals surface area contributed by atoms with Gasteiger partial charge in [0.05, 0.1) is 16.4 Å². The second-order valence-electron chi connectivity index (χ2n) is 9.71. The molecule has 1 saturated carbocycles. The minimum Gasteiger partial charge on any atom is -0.303 e. The third-order valence-electron chi connectivity index (χ3n) is 7.82. The van der Waals surface area contributed by atoms with Crippen molar-refractivity contribution in [1.82, 2.24) is 4.40 Å². The summed E-state index contributed by atoms with van der Waals surface area (Å²) in [7, 11) is 2.19. The SMILES string of the molecule is Cc1ccc2cccc3c2c1c1c2c(cc[n+]1C)c1cc(CC4CCCC4)ccc1n32. The highest BCUT2D eigenvalue weighted by atomic mass is 15.0. The maximum Gasteiger partial charge on any atom is 0.238 e. The largest absolute Gasteiger partial charge is 0.303 e. The quantitative estimate of drug-likeness (QED) is 0.170. The molecule has 0 radical (unpaired) electrons. The summed E-state index contributed by atoms with van der Waals surface area (Å²) in [6.07, 6.45) is 9.09. The monoisotopic (exact) mass is 403 g/mol. The van der Waals surface area contributed by atoms with E-state index in [9.17, 15) is 0 Å². The Labute approximate surface area is 182 Å². The first-order valence-corrected chi connectivity index (χ1v) is 11.7. The first kappa shape index (κ1) is 17.5. The van der Waals surface area contributed by atoms with Crippen molar-refractivity contribution in [2.75, 3.05) is 0 Å². The molecule has 31 heavy (non-hydrogen) atoms. The van der Waals surface area contributed by atoms with Gasteiger partial charge in [-0.1, -0.05) is 56.0 Å². The van der Waals surface area contributed by atoms with Gasteiger partial charge in [-0.25, -0.2) is 0 Å². The minimum atomic E-state index is 0.871. The van der Waals surface area contributed by atoms with Gasteiger partial charge in [-0.2, -0.15) is 4.57 Å². The van der Waals surface area contributed by atoms with Gasteiger partial charge in [0.25, 0.3) is 0 Å². The molecule has 3 heterocycles. The Morgan fingerprint density at radius 2 is 1.77 bits per heavy atom. The van der Waals surface area contributed by atoms with E-state index >= 15 is 0 Å². The van der Waals surface area contributed by atoms with Gasteiger partial charge in [0.1, 0.15) is 12.6 Å². The van der Waals surface area contributed by atoms with Crippen molar-refractivity contribution in [1.29, 1.82) is 0 Å². The topological polar surface area (TPSA) is 8.29 Å². The van der Waals surface area contributed by atoms with E-state index in [0.717, 1.165) is 5.92 Å². The van der Waals surface area contributed by atoms with E-state index in [1.165, 1.54) is 92.2 Å². The smallest absolute Gasteiger partial charge is 0.238 e. The summed E-state index contributed by atoms with van der Waals surface area (Å²) in [5, 5.41) is 6.87. The highest BCUT2D eigenvalue weighted by Crippen LogP contribution is 2.40. The van der Waals surface area contributed by atoms with Crippen molar-refractivity contribution in [3.8, 4) is 0 Å². The van der Waals surface area contributed by atoms with Crippen LogP contribution >= 0.6 is 0 Å². The van der Waals surface area contributed by atoms with Crippen molar-refractivity contribution in [2.45, 2.75) is 39.0 Å². The molecule has 7 rings (SSSR count). The molecule has 1 aliphatic rings. The molecule has 152 valence electrons. The molecular weight excluding hydrogens is 376 g/mol. The summed E-state index contributed by atoms with van der Waals surface area (Å²) < 4.78 is 4.84. The molecule has 1 aliphatic carbocycles. The molecule has 0 saturated heterocycles. The van der Waals surface area contributed by atoms with Crippen LogP contribution in [0, 0.1) is 12.8 Å². The van der Waals surface area contributed by atoms with E-state index in [2.05, 4.69) is 83.7 Å². The number of hydrogen-bond donors (Lipinski definition) is 0. The molecule has 0 spiro atoms. The molecule has 0 amide bonds. The third kappa shape index (κ3) is 2.31. The van der Waals surface area contributed by atoms with Gasteiger partial charge >= 0.3 is 0 Å². The summed E-state index contributed by atoms with van der Waals surface area (Å²) in [5.41, 5.74) is 8.19. The molecule has 0 aliphatic heterocycles. The van der Waals surface area contributed by atoms with Crippen LogP contribution in [-0.4, -0.2) is 4.40 Å². The van der Waals surface area contributed by atoms with Crippen LogP contribution in [0.25, 0.3) is 49.0 Å². The van der Waals surface area contributed by atoms with Gasteiger partial charge in [0.15, 0.2) is 6.20 Å². The van der Waals surface area contributed by atoms with Crippen molar-refractivity contribution in [3.05, 3.63) is 71.9 Å². The lowest BCUT2D eigenvalue weighted by molar-refractivity contribution is -0.644. The Morgan fingerprint density at radius 3 is 2.65 bits per heavy atom. The fourth-order valence-electron chi connectivity index (χ4n) is 6.37. The van der Waals surface area contributed by atoms with E-state index in [0.29, 0.717) is 0 Å². The number of rotatable bonds is 2. The average molecular weight is 404 g/mol. The van der Waals surface area contributed by atoms with E-state index in [4.69, 9.17) is 0 Å². The number of hydrogen-bond acceptors (Lipinski definition) is 0. The summed E-state index contributed by atoms with van der Waals surface area (Å²) in [6, 6.07) is 20.9. The first-order valence-electron chi connectivity index (χ1n) is 11.7. The highest BCUT2D eigenvalue weighted by molar-refractivity contribution is 6.25. The van der Waals surface area contributed by atoms with E-state index in [1.807, 2.05) is 0 Å². The van der Waals surface area contributed by atoms with Crippen LogP contribution in [0.1, 0.15) is 36.8 Å². The van der Waals surface area contributed by atoms with Crippen molar-refractivity contribution >= 4 is 49.0 Å². The average Bonchev–Trinajstić information content (AvgIpc) is 3.40. The lowest BCUT2D eigenvalue weighted by Gasteiger charge is -2.13. The number of nitrogens with zero attached hydrogens (tertiary/aromatic N) is 2. The van der Waals surface area contributed by atoms with Gasteiger partial charge < -0.3 is 4.40 Å². The summed E-state index contributed by atoms with van der Waals surface area (Å²) in [6.45, 7) is 2.25. The fourth-order valence-corrected chi connectivity index (χ4v) is 6.37. The van der Waals surface area contributed by atoms with Gasteiger partial charge in [0, 0.05) is 22.2 Å². The molecular formula is C29H27N2+. The molecule has 0 bridgehead atoms. The fraction of sp³-hybridized carbons (Fsp3) is 0.276.